The summed E-state index contributed by atoms with van der Waals surface area (Å²) in [5.41, 5.74) is -0.186. The van der Waals surface area contributed by atoms with Gasteiger partial charge >= 0.3 is 0 Å². The Kier molecular flexibility index (Phi) is 4.56. The van der Waals surface area contributed by atoms with Crippen molar-refractivity contribution in [3.05, 3.63) is 29.0 Å². The van der Waals surface area contributed by atoms with Gasteiger partial charge in [-0.3, -0.25) is 0 Å². The Morgan fingerprint density at radius 1 is 1.25 bits per heavy atom. The monoisotopic (exact) mass is 246 g/mol. The smallest absolute Gasteiger partial charge is 0.145 e. The summed E-state index contributed by atoms with van der Waals surface area (Å²) in [7, 11) is 0. The lowest BCUT2D eigenvalue weighted by Crippen LogP contribution is -2.22. The molecule has 0 fully saturated rings. The Hall–Kier alpha value is -0.800. The Morgan fingerprint density at radius 3 is 2.50 bits per heavy atom. The third-order valence-electron chi connectivity index (χ3n) is 1.78. The van der Waals surface area contributed by atoms with Crippen molar-refractivity contribution in [3.63, 3.8) is 0 Å². The number of ether oxygens (including phenoxy) is 2. The van der Waals surface area contributed by atoms with E-state index >= 15 is 0 Å². The molecule has 0 saturated heterocycles. The first kappa shape index (κ1) is 13.3. The molecule has 0 spiro atoms. The minimum absolute atomic E-state index is 0.0956. The maximum absolute atomic E-state index is 13.0. The van der Waals surface area contributed by atoms with E-state index in [1.807, 2.05) is 20.8 Å². The average molecular weight is 247 g/mol. The second kappa shape index (κ2) is 5.51. The first-order valence-corrected chi connectivity index (χ1v) is 5.48. The lowest BCUT2D eigenvalue weighted by Gasteiger charge is -2.19. The lowest BCUT2D eigenvalue weighted by atomic mass is 10.2. The van der Waals surface area contributed by atoms with Crippen molar-refractivity contribution in [1.29, 1.82) is 0 Å². The second-order valence-corrected chi connectivity index (χ2v) is 4.79. The Bertz CT molecular complexity index is 347. The number of rotatable bonds is 4. The van der Waals surface area contributed by atoms with Crippen LogP contribution in [0.1, 0.15) is 20.8 Å². The molecule has 0 aliphatic rings. The third-order valence-corrected chi connectivity index (χ3v) is 2.08. The predicted molar refractivity (Wildman–Crippen MR) is 62.6 cm³/mol. The maximum atomic E-state index is 13.0. The second-order valence-electron chi connectivity index (χ2n) is 4.39. The van der Waals surface area contributed by atoms with Gasteiger partial charge < -0.3 is 9.47 Å². The molecular formula is C12H16ClFO2. The van der Waals surface area contributed by atoms with Crippen LogP contribution >= 0.6 is 11.6 Å². The topological polar surface area (TPSA) is 18.5 Å². The summed E-state index contributed by atoms with van der Waals surface area (Å²) in [6.07, 6.45) is 0. The molecule has 0 aromatic heterocycles. The zero-order valence-electron chi connectivity index (χ0n) is 9.72. The molecule has 1 rings (SSSR count). The van der Waals surface area contributed by atoms with Crippen molar-refractivity contribution in [2.75, 3.05) is 13.2 Å². The van der Waals surface area contributed by atoms with Gasteiger partial charge in [0.2, 0.25) is 0 Å². The summed E-state index contributed by atoms with van der Waals surface area (Å²) in [6.45, 7) is 6.75. The Morgan fingerprint density at radius 2 is 1.94 bits per heavy atom. The molecular weight excluding hydrogens is 231 g/mol. The fourth-order valence-electron chi connectivity index (χ4n) is 1.07. The lowest BCUT2D eigenvalue weighted by molar-refractivity contribution is -0.0163. The number of hydrogen-bond acceptors (Lipinski definition) is 2. The van der Waals surface area contributed by atoms with Gasteiger partial charge in [-0.15, -0.1) is 0 Å². The molecule has 90 valence electrons. The van der Waals surface area contributed by atoms with Crippen LogP contribution in [0.2, 0.25) is 5.02 Å². The van der Waals surface area contributed by atoms with Crippen molar-refractivity contribution in [2.45, 2.75) is 26.4 Å². The van der Waals surface area contributed by atoms with E-state index in [0.29, 0.717) is 19.0 Å². The van der Waals surface area contributed by atoms with Gasteiger partial charge in [0.05, 0.1) is 17.2 Å². The third kappa shape index (κ3) is 4.81. The number of halogens is 2. The van der Waals surface area contributed by atoms with Crippen LogP contribution in [0.15, 0.2) is 18.2 Å². The van der Waals surface area contributed by atoms with E-state index in [4.69, 9.17) is 21.1 Å². The van der Waals surface area contributed by atoms with E-state index in [0.717, 1.165) is 0 Å². The van der Waals surface area contributed by atoms with Gasteiger partial charge in [0.25, 0.3) is 0 Å². The quantitative estimate of drug-likeness (QED) is 0.755. The molecule has 0 aliphatic heterocycles. The van der Waals surface area contributed by atoms with Crippen LogP contribution < -0.4 is 4.74 Å². The van der Waals surface area contributed by atoms with Crippen LogP contribution in [0.5, 0.6) is 5.75 Å². The molecule has 0 atom stereocenters. The van der Waals surface area contributed by atoms with Crippen LogP contribution in [-0.2, 0) is 4.74 Å². The molecule has 0 amide bonds. The minimum atomic E-state index is -0.476. The number of hydrogen-bond donors (Lipinski definition) is 0. The first-order valence-electron chi connectivity index (χ1n) is 5.10. The highest BCUT2D eigenvalue weighted by atomic mass is 35.5. The summed E-state index contributed by atoms with van der Waals surface area (Å²) in [6, 6.07) is 4.36. The van der Waals surface area contributed by atoms with Gasteiger partial charge in [-0.1, -0.05) is 11.6 Å². The van der Waals surface area contributed by atoms with Crippen LogP contribution in [0.4, 0.5) is 4.39 Å². The molecule has 16 heavy (non-hydrogen) atoms. The fraction of sp³-hybridized carbons (Fsp3) is 0.500. The highest BCUT2D eigenvalue weighted by Crippen LogP contribution is 2.20. The van der Waals surface area contributed by atoms with Crippen molar-refractivity contribution in [2.24, 2.45) is 0 Å². The highest BCUT2D eigenvalue weighted by molar-refractivity contribution is 6.30. The summed E-state index contributed by atoms with van der Waals surface area (Å²) in [5, 5.41) is 0.0956. The standard InChI is InChI=1S/C12H16ClFO2/c1-12(2,3)16-7-6-15-9-4-5-10(13)11(14)8-9/h4-5,8H,6-7H2,1-3H3. The molecule has 0 saturated carbocycles. The molecule has 4 heteroatoms. The van der Waals surface area contributed by atoms with E-state index < -0.39 is 5.82 Å². The van der Waals surface area contributed by atoms with E-state index in [1.165, 1.54) is 12.1 Å². The summed E-state index contributed by atoms with van der Waals surface area (Å²) < 4.78 is 23.8. The highest BCUT2D eigenvalue weighted by Gasteiger charge is 2.09. The molecule has 0 aliphatic carbocycles. The molecule has 1 aromatic rings. The zero-order chi connectivity index (χ0) is 12.2. The molecule has 0 bridgehead atoms. The van der Waals surface area contributed by atoms with Crippen LogP contribution in [0.25, 0.3) is 0 Å². The molecule has 0 radical (unpaired) electrons. The number of benzene rings is 1. The Labute approximate surface area is 100 Å². The van der Waals surface area contributed by atoms with Crippen molar-refractivity contribution < 1.29 is 13.9 Å². The van der Waals surface area contributed by atoms with Gasteiger partial charge in [0, 0.05) is 6.07 Å². The van der Waals surface area contributed by atoms with Crippen molar-refractivity contribution in [1.82, 2.24) is 0 Å². The van der Waals surface area contributed by atoms with Crippen molar-refractivity contribution in [3.8, 4) is 5.75 Å². The van der Waals surface area contributed by atoms with E-state index in [9.17, 15) is 4.39 Å². The van der Waals surface area contributed by atoms with E-state index in [-0.39, 0.29) is 10.6 Å². The fourth-order valence-corrected chi connectivity index (χ4v) is 1.19. The maximum Gasteiger partial charge on any atom is 0.145 e. The summed E-state index contributed by atoms with van der Waals surface area (Å²) in [4.78, 5) is 0. The van der Waals surface area contributed by atoms with Gasteiger partial charge in [-0.2, -0.15) is 0 Å². The van der Waals surface area contributed by atoms with E-state index in [1.54, 1.807) is 6.07 Å². The van der Waals surface area contributed by atoms with Gasteiger partial charge in [-0.25, -0.2) is 4.39 Å². The molecule has 0 N–H and O–H groups in total. The molecule has 2 nitrogen and oxygen atoms in total. The average Bonchev–Trinajstić information content (AvgIpc) is 2.17. The zero-order valence-corrected chi connectivity index (χ0v) is 10.5. The molecule has 0 heterocycles. The van der Waals surface area contributed by atoms with Crippen molar-refractivity contribution >= 4 is 11.6 Å². The minimum Gasteiger partial charge on any atom is -0.491 e. The van der Waals surface area contributed by atoms with E-state index in [2.05, 4.69) is 0 Å². The van der Waals surface area contributed by atoms with Gasteiger partial charge in [0.1, 0.15) is 18.2 Å². The van der Waals surface area contributed by atoms with Gasteiger partial charge in [0.15, 0.2) is 0 Å². The van der Waals surface area contributed by atoms with Crippen LogP contribution in [0.3, 0.4) is 0 Å². The summed E-state index contributed by atoms with van der Waals surface area (Å²) >= 11 is 5.55. The SMILES string of the molecule is CC(C)(C)OCCOc1ccc(Cl)c(F)c1. The first-order chi connectivity index (χ1) is 7.38. The van der Waals surface area contributed by atoms with Gasteiger partial charge in [-0.05, 0) is 32.9 Å². The van der Waals surface area contributed by atoms with Crippen LogP contribution in [0, 0.1) is 5.82 Å². The van der Waals surface area contributed by atoms with Crippen LogP contribution in [-0.4, -0.2) is 18.8 Å². The summed E-state index contributed by atoms with van der Waals surface area (Å²) in [5.74, 6) is -0.0182. The Balaban J connectivity index is 2.35. The molecule has 1 aromatic carbocycles. The largest absolute Gasteiger partial charge is 0.491 e. The molecule has 0 unspecified atom stereocenters. The normalized spacial score (nSPS) is 11.6. The predicted octanol–water partition coefficient (Wildman–Crippen LogP) is 3.67.